The molecule has 1 aliphatic heterocycles. The molecule has 27 heavy (non-hydrogen) atoms. The molecule has 1 N–H and O–H groups in total. The first-order valence-electron chi connectivity index (χ1n) is 10.6. The van der Waals surface area contributed by atoms with E-state index in [-0.39, 0.29) is 16.7 Å². The first kappa shape index (κ1) is 17.2. The van der Waals surface area contributed by atoms with Crippen LogP contribution in [0.3, 0.4) is 0 Å². The predicted molar refractivity (Wildman–Crippen MR) is 108 cm³/mol. The van der Waals surface area contributed by atoms with E-state index in [0.29, 0.717) is 5.92 Å². The van der Waals surface area contributed by atoms with Crippen LogP contribution in [-0.2, 0) is 4.79 Å². The second-order valence-electron chi connectivity index (χ2n) is 9.59. The minimum atomic E-state index is 0.120. The number of pyridine rings is 1. The number of carbonyl (C=O) groups excluding carboxylic acids is 1. The number of amides is 1. The normalized spacial score (nSPS) is 40.7. The Morgan fingerprint density at radius 2 is 2.04 bits per heavy atom. The Morgan fingerprint density at radius 1 is 1.15 bits per heavy atom. The minimum absolute atomic E-state index is 0.120. The van der Waals surface area contributed by atoms with E-state index in [0.717, 1.165) is 31.2 Å². The van der Waals surface area contributed by atoms with Crippen molar-refractivity contribution in [3.8, 4) is 0 Å². The van der Waals surface area contributed by atoms with Crippen LogP contribution in [0.4, 0.5) is 0 Å². The molecule has 0 spiro atoms. The minimum Gasteiger partial charge on any atom is -0.353 e. The van der Waals surface area contributed by atoms with Crippen molar-refractivity contribution in [1.29, 1.82) is 0 Å². The van der Waals surface area contributed by atoms with E-state index < -0.39 is 0 Å². The highest BCUT2D eigenvalue weighted by molar-refractivity contribution is 5.88. The van der Waals surface area contributed by atoms with E-state index in [4.69, 9.17) is 0 Å². The first-order chi connectivity index (χ1) is 13.0. The summed E-state index contributed by atoms with van der Waals surface area (Å²) in [7, 11) is 0. The van der Waals surface area contributed by atoms with Crippen LogP contribution in [0.25, 0.3) is 5.57 Å². The van der Waals surface area contributed by atoms with Gasteiger partial charge in [-0.3, -0.25) is 9.78 Å². The van der Waals surface area contributed by atoms with Crippen molar-refractivity contribution in [1.82, 2.24) is 10.3 Å². The zero-order valence-corrected chi connectivity index (χ0v) is 16.5. The zero-order valence-electron chi connectivity index (χ0n) is 16.5. The molecule has 3 nitrogen and oxygen atoms in total. The summed E-state index contributed by atoms with van der Waals surface area (Å²) in [6.07, 6.45) is 15.5. The summed E-state index contributed by atoms with van der Waals surface area (Å²) in [4.78, 5) is 16.4. The van der Waals surface area contributed by atoms with E-state index in [1.165, 1.54) is 42.4 Å². The van der Waals surface area contributed by atoms with Gasteiger partial charge in [-0.05, 0) is 84.3 Å². The summed E-state index contributed by atoms with van der Waals surface area (Å²) in [6, 6.07) is 4.29. The molecule has 0 unspecified atom stereocenters. The van der Waals surface area contributed by atoms with Crippen LogP contribution in [0, 0.1) is 28.6 Å². The molecule has 0 saturated heterocycles. The first-order valence-corrected chi connectivity index (χ1v) is 10.6. The SMILES string of the molecule is C[C@]12CCNC(=O)C=C1CC[C@@H]1[C@@H]2CC[C@]2(C)C(c3cccnc3)=CC[C@@H]12. The average Bonchev–Trinajstić information content (AvgIpc) is 2.93. The standard InChI is InChI=1S/C24H30N2O/c1-23-11-13-26-22(27)14-17(23)5-6-18-20-8-7-19(16-4-3-12-25-15-16)24(20,2)10-9-21(18)23/h3-4,7,12,14-15,18,20-21H,5-6,8-11,13H2,1-2H3,(H,26,27)/t18-,20-,21-,23-,24+/m0/s1. The second-order valence-corrected chi connectivity index (χ2v) is 9.59. The zero-order chi connectivity index (χ0) is 18.6. The number of rotatable bonds is 1. The lowest BCUT2D eigenvalue weighted by atomic mass is 9.47. The molecule has 0 bridgehead atoms. The molecular formula is C24H30N2O. The number of hydrogen-bond donors (Lipinski definition) is 1. The van der Waals surface area contributed by atoms with E-state index in [2.05, 4.69) is 42.4 Å². The van der Waals surface area contributed by atoms with Crippen LogP contribution in [-0.4, -0.2) is 17.4 Å². The third kappa shape index (κ3) is 2.47. The quantitative estimate of drug-likeness (QED) is 0.782. The molecule has 142 valence electrons. The molecular weight excluding hydrogens is 332 g/mol. The molecule has 4 aliphatic rings. The number of carbonyl (C=O) groups is 1. The Bertz CT molecular complexity index is 826. The molecule has 5 rings (SSSR count). The van der Waals surface area contributed by atoms with Gasteiger partial charge in [0.2, 0.25) is 5.91 Å². The van der Waals surface area contributed by atoms with E-state index in [9.17, 15) is 4.79 Å². The molecule has 1 aromatic rings. The van der Waals surface area contributed by atoms with Crippen molar-refractivity contribution in [3.05, 3.63) is 47.8 Å². The lowest BCUT2D eigenvalue weighted by molar-refractivity contribution is -0.116. The molecule has 2 fully saturated rings. The highest BCUT2D eigenvalue weighted by Gasteiger charge is 2.56. The van der Waals surface area contributed by atoms with Gasteiger partial charge in [-0.2, -0.15) is 0 Å². The van der Waals surface area contributed by atoms with Gasteiger partial charge in [-0.25, -0.2) is 0 Å². The summed E-state index contributed by atoms with van der Waals surface area (Å²) in [5.74, 6) is 2.33. The lowest BCUT2D eigenvalue weighted by Gasteiger charge is -2.57. The number of aromatic nitrogens is 1. The van der Waals surface area contributed by atoms with Gasteiger partial charge in [0.15, 0.2) is 0 Å². The second kappa shape index (κ2) is 6.05. The van der Waals surface area contributed by atoms with Crippen molar-refractivity contribution in [3.63, 3.8) is 0 Å². The number of nitrogens with one attached hydrogen (secondary N) is 1. The number of nitrogens with zero attached hydrogens (tertiary/aromatic N) is 1. The van der Waals surface area contributed by atoms with Gasteiger partial charge in [0.25, 0.3) is 0 Å². The Balaban J connectivity index is 1.48. The number of allylic oxidation sites excluding steroid dienone is 3. The summed E-state index contributed by atoms with van der Waals surface area (Å²) < 4.78 is 0. The van der Waals surface area contributed by atoms with Gasteiger partial charge < -0.3 is 5.32 Å². The van der Waals surface area contributed by atoms with Gasteiger partial charge in [0.1, 0.15) is 0 Å². The smallest absolute Gasteiger partial charge is 0.243 e. The van der Waals surface area contributed by atoms with Crippen LogP contribution in [0.5, 0.6) is 0 Å². The summed E-state index contributed by atoms with van der Waals surface area (Å²) in [5, 5.41) is 3.07. The van der Waals surface area contributed by atoms with Gasteiger partial charge in [-0.1, -0.05) is 31.6 Å². The fraction of sp³-hybridized carbons (Fsp3) is 0.583. The van der Waals surface area contributed by atoms with Crippen LogP contribution >= 0.6 is 0 Å². The van der Waals surface area contributed by atoms with Crippen molar-refractivity contribution in [2.45, 2.75) is 52.4 Å². The predicted octanol–water partition coefficient (Wildman–Crippen LogP) is 4.76. The monoisotopic (exact) mass is 362 g/mol. The molecule has 3 heteroatoms. The highest BCUT2D eigenvalue weighted by atomic mass is 16.1. The molecule has 0 radical (unpaired) electrons. The third-order valence-corrected chi connectivity index (χ3v) is 8.54. The van der Waals surface area contributed by atoms with Crippen molar-refractivity contribution in [2.75, 3.05) is 6.54 Å². The van der Waals surface area contributed by atoms with E-state index >= 15 is 0 Å². The molecule has 1 aromatic heterocycles. The van der Waals surface area contributed by atoms with Gasteiger partial charge >= 0.3 is 0 Å². The highest BCUT2D eigenvalue weighted by Crippen LogP contribution is 2.66. The number of fused-ring (bicyclic) bond motifs is 5. The largest absolute Gasteiger partial charge is 0.353 e. The van der Waals surface area contributed by atoms with Crippen molar-refractivity contribution in [2.24, 2.45) is 28.6 Å². The maximum absolute atomic E-state index is 12.1. The van der Waals surface area contributed by atoms with Crippen LogP contribution in [0.1, 0.15) is 57.9 Å². The molecule has 3 aliphatic carbocycles. The molecule has 2 heterocycles. The van der Waals surface area contributed by atoms with E-state index in [1.54, 1.807) is 0 Å². The van der Waals surface area contributed by atoms with Crippen LogP contribution < -0.4 is 5.32 Å². The molecule has 1 amide bonds. The summed E-state index contributed by atoms with van der Waals surface area (Å²) in [5.41, 5.74) is 4.73. The lowest BCUT2D eigenvalue weighted by Crippen LogP contribution is -2.49. The maximum atomic E-state index is 12.1. The van der Waals surface area contributed by atoms with Crippen molar-refractivity contribution < 1.29 is 4.79 Å². The number of hydrogen-bond acceptors (Lipinski definition) is 2. The molecule has 5 atom stereocenters. The molecule has 2 saturated carbocycles. The fourth-order valence-electron chi connectivity index (χ4n) is 7.10. The van der Waals surface area contributed by atoms with Crippen LogP contribution in [0.15, 0.2) is 42.3 Å². The van der Waals surface area contributed by atoms with Crippen molar-refractivity contribution >= 4 is 11.5 Å². The van der Waals surface area contributed by atoms with Crippen LogP contribution in [0.2, 0.25) is 0 Å². The average molecular weight is 363 g/mol. The Morgan fingerprint density at radius 3 is 2.85 bits per heavy atom. The summed E-state index contributed by atoms with van der Waals surface area (Å²) >= 11 is 0. The Labute approximate surface area is 162 Å². The Hall–Kier alpha value is -1.90. The fourth-order valence-corrected chi connectivity index (χ4v) is 7.10. The summed E-state index contributed by atoms with van der Waals surface area (Å²) in [6.45, 7) is 5.77. The van der Waals surface area contributed by atoms with E-state index in [1.807, 2.05) is 18.5 Å². The Kier molecular flexibility index (Phi) is 3.86. The van der Waals surface area contributed by atoms with Gasteiger partial charge in [-0.15, -0.1) is 0 Å². The van der Waals surface area contributed by atoms with Gasteiger partial charge in [0, 0.05) is 25.0 Å². The third-order valence-electron chi connectivity index (χ3n) is 8.54. The topological polar surface area (TPSA) is 42.0 Å². The molecule has 0 aromatic carbocycles. The maximum Gasteiger partial charge on any atom is 0.243 e. The van der Waals surface area contributed by atoms with Gasteiger partial charge in [0.05, 0.1) is 0 Å².